The number of para-hydroxylation sites is 1. The van der Waals surface area contributed by atoms with E-state index in [0.29, 0.717) is 36.3 Å². The number of carbonyl (C=O) groups excluding carboxylic acids is 1. The van der Waals surface area contributed by atoms with Gasteiger partial charge in [0.05, 0.1) is 15.2 Å². The lowest BCUT2D eigenvalue weighted by molar-refractivity contribution is 0.0676. The summed E-state index contributed by atoms with van der Waals surface area (Å²) in [6.45, 7) is 1.54. The van der Waals surface area contributed by atoms with Gasteiger partial charge in [-0.1, -0.05) is 12.1 Å². The molecular weight excluding hydrogens is 415 g/mol. The Morgan fingerprint density at radius 2 is 1.87 bits per heavy atom. The average molecular weight is 437 g/mol. The molecule has 0 saturated carbocycles. The Morgan fingerprint density at radius 3 is 2.65 bits per heavy atom. The number of thiazole rings is 1. The summed E-state index contributed by atoms with van der Waals surface area (Å²) in [5.74, 6) is 1.38. The number of furan rings is 1. The van der Waals surface area contributed by atoms with E-state index in [0.717, 1.165) is 23.4 Å². The number of benzene rings is 2. The largest absolute Gasteiger partial charge is 0.486 e. The first kappa shape index (κ1) is 19.8. The van der Waals surface area contributed by atoms with Crippen molar-refractivity contribution in [1.29, 1.82) is 0 Å². The van der Waals surface area contributed by atoms with Crippen LogP contribution in [0.25, 0.3) is 10.2 Å². The summed E-state index contributed by atoms with van der Waals surface area (Å²) in [6, 6.07) is 17.4. The van der Waals surface area contributed by atoms with Crippen LogP contribution in [0.15, 0.2) is 65.1 Å². The van der Waals surface area contributed by atoms with E-state index in [-0.39, 0.29) is 18.3 Å². The molecule has 5 rings (SSSR count). The van der Waals surface area contributed by atoms with E-state index >= 15 is 0 Å². The van der Waals surface area contributed by atoms with Crippen molar-refractivity contribution >= 4 is 27.5 Å². The second-order valence-electron chi connectivity index (χ2n) is 7.59. The number of aromatic nitrogens is 1. The van der Waals surface area contributed by atoms with Crippen molar-refractivity contribution in [3.8, 4) is 5.75 Å². The molecule has 3 heterocycles. The van der Waals surface area contributed by atoms with Gasteiger partial charge in [0.15, 0.2) is 5.76 Å². The maximum absolute atomic E-state index is 13.0. The summed E-state index contributed by atoms with van der Waals surface area (Å²) in [5, 5.41) is 1.16. The van der Waals surface area contributed by atoms with Gasteiger partial charge in [-0.15, -0.1) is 11.3 Å². The van der Waals surface area contributed by atoms with Gasteiger partial charge in [0.1, 0.15) is 23.9 Å². The van der Waals surface area contributed by atoms with E-state index in [4.69, 9.17) is 14.1 Å². The Labute approximate surface area is 183 Å². The van der Waals surface area contributed by atoms with Crippen molar-refractivity contribution in [2.75, 3.05) is 13.1 Å². The molecule has 0 unspecified atom stereocenters. The highest BCUT2D eigenvalue weighted by Crippen LogP contribution is 2.34. The summed E-state index contributed by atoms with van der Waals surface area (Å²) >= 11 is 1.75. The molecular formula is C24H21FN2O3S. The molecule has 31 heavy (non-hydrogen) atoms. The number of carbonyl (C=O) groups is 1. The molecule has 0 aliphatic carbocycles. The van der Waals surface area contributed by atoms with E-state index in [1.54, 1.807) is 35.6 Å². The molecule has 2 aromatic heterocycles. The van der Waals surface area contributed by atoms with Crippen LogP contribution in [0.4, 0.5) is 4.39 Å². The van der Waals surface area contributed by atoms with Crippen LogP contribution in [0.5, 0.6) is 5.75 Å². The molecule has 4 aromatic rings. The van der Waals surface area contributed by atoms with Gasteiger partial charge in [-0.2, -0.15) is 0 Å². The van der Waals surface area contributed by atoms with Gasteiger partial charge in [0.2, 0.25) is 0 Å². The third kappa shape index (κ3) is 4.32. The quantitative estimate of drug-likeness (QED) is 0.407. The normalized spacial score (nSPS) is 14.8. The summed E-state index contributed by atoms with van der Waals surface area (Å²) in [7, 11) is 0. The first-order chi connectivity index (χ1) is 15.2. The van der Waals surface area contributed by atoms with Crippen LogP contribution < -0.4 is 4.74 Å². The zero-order valence-electron chi connectivity index (χ0n) is 16.8. The molecule has 1 amide bonds. The van der Waals surface area contributed by atoms with E-state index in [1.165, 1.54) is 16.8 Å². The number of nitrogens with zero attached hydrogens (tertiary/aromatic N) is 2. The maximum Gasteiger partial charge on any atom is 0.289 e. The molecule has 1 fully saturated rings. The van der Waals surface area contributed by atoms with Gasteiger partial charge in [0.25, 0.3) is 5.91 Å². The monoisotopic (exact) mass is 436 g/mol. The molecule has 2 aromatic carbocycles. The molecule has 0 radical (unpaired) electrons. The fourth-order valence-electron chi connectivity index (χ4n) is 3.81. The number of hydrogen-bond acceptors (Lipinski definition) is 5. The van der Waals surface area contributed by atoms with Crippen LogP contribution in [0.1, 0.15) is 40.1 Å². The fraction of sp³-hybridized carbons (Fsp3) is 0.250. The standard InChI is InChI=1S/C24H21FN2O3S/c25-17-5-7-18(8-6-17)29-15-19-9-10-21(30-19)24(28)27-13-11-16(12-14-27)23-26-20-3-1-2-4-22(20)31-23/h1-10,16H,11-15H2. The van der Waals surface area contributed by atoms with Gasteiger partial charge in [-0.3, -0.25) is 4.79 Å². The predicted molar refractivity (Wildman–Crippen MR) is 117 cm³/mol. The average Bonchev–Trinajstić information content (AvgIpc) is 3.45. The summed E-state index contributed by atoms with van der Waals surface area (Å²) in [5.41, 5.74) is 1.05. The molecule has 1 saturated heterocycles. The van der Waals surface area contributed by atoms with Crippen LogP contribution in [-0.4, -0.2) is 28.9 Å². The van der Waals surface area contributed by atoms with Gasteiger partial charge in [-0.05, 0) is 61.4 Å². The molecule has 1 aliphatic rings. The van der Waals surface area contributed by atoms with Crippen LogP contribution in [0.2, 0.25) is 0 Å². The first-order valence-electron chi connectivity index (χ1n) is 10.3. The molecule has 7 heteroatoms. The number of piperidine rings is 1. The highest BCUT2D eigenvalue weighted by atomic mass is 32.1. The summed E-state index contributed by atoms with van der Waals surface area (Å²) in [4.78, 5) is 19.5. The topological polar surface area (TPSA) is 55.6 Å². The fourth-order valence-corrected chi connectivity index (χ4v) is 4.94. The Hall–Kier alpha value is -3.19. The number of hydrogen-bond donors (Lipinski definition) is 0. The van der Waals surface area contributed by atoms with Crippen molar-refractivity contribution in [3.63, 3.8) is 0 Å². The van der Waals surface area contributed by atoms with E-state index in [2.05, 4.69) is 6.07 Å². The molecule has 0 atom stereocenters. The Bertz CT molecular complexity index is 1160. The van der Waals surface area contributed by atoms with Crippen molar-refractivity contribution < 1.29 is 18.3 Å². The lowest BCUT2D eigenvalue weighted by Crippen LogP contribution is -2.37. The number of likely N-dealkylation sites (tertiary alicyclic amines) is 1. The third-order valence-corrected chi connectivity index (χ3v) is 6.71. The summed E-state index contributed by atoms with van der Waals surface area (Å²) < 4.78 is 25.5. The highest BCUT2D eigenvalue weighted by Gasteiger charge is 2.28. The lowest BCUT2D eigenvalue weighted by atomic mass is 9.97. The second kappa shape index (κ2) is 8.51. The zero-order valence-corrected chi connectivity index (χ0v) is 17.6. The van der Waals surface area contributed by atoms with Crippen LogP contribution in [0, 0.1) is 5.82 Å². The number of halogens is 1. The van der Waals surface area contributed by atoms with Crippen LogP contribution in [-0.2, 0) is 6.61 Å². The van der Waals surface area contributed by atoms with Crippen LogP contribution in [0.3, 0.4) is 0 Å². The van der Waals surface area contributed by atoms with Gasteiger partial charge < -0.3 is 14.1 Å². The van der Waals surface area contributed by atoms with Crippen molar-refractivity contribution in [2.45, 2.75) is 25.4 Å². The molecule has 0 spiro atoms. The van der Waals surface area contributed by atoms with E-state index in [1.807, 2.05) is 23.1 Å². The number of ether oxygens (including phenoxy) is 1. The van der Waals surface area contributed by atoms with Crippen molar-refractivity contribution in [3.05, 3.63) is 83.0 Å². The second-order valence-corrected chi connectivity index (χ2v) is 8.66. The zero-order chi connectivity index (χ0) is 21.2. The van der Waals surface area contributed by atoms with Crippen molar-refractivity contribution in [1.82, 2.24) is 9.88 Å². The van der Waals surface area contributed by atoms with E-state index < -0.39 is 0 Å². The first-order valence-corrected chi connectivity index (χ1v) is 11.1. The van der Waals surface area contributed by atoms with Gasteiger partial charge in [0, 0.05) is 19.0 Å². The molecule has 158 valence electrons. The molecule has 5 nitrogen and oxygen atoms in total. The lowest BCUT2D eigenvalue weighted by Gasteiger charge is -2.30. The summed E-state index contributed by atoms with van der Waals surface area (Å²) in [6.07, 6.45) is 1.79. The van der Waals surface area contributed by atoms with Gasteiger partial charge >= 0.3 is 0 Å². The minimum Gasteiger partial charge on any atom is -0.486 e. The van der Waals surface area contributed by atoms with Crippen molar-refractivity contribution in [2.24, 2.45) is 0 Å². The molecule has 1 aliphatic heterocycles. The molecule has 0 N–H and O–H groups in total. The van der Waals surface area contributed by atoms with Crippen LogP contribution >= 0.6 is 11.3 Å². The Balaban J connectivity index is 1.17. The number of rotatable bonds is 5. The smallest absolute Gasteiger partial charge is 0.289 e. The SMILES string of the molecule is O=C(c1ccc(COc2ccc(F)cc2)o1)N1CCC(c2nc3ccccc3s2)CC1. The number of fused-ring (bicyclic) bond motifs is 1. The molecule has 0 bridgehead atoms. The minimum atomic E-state index is -0.315. The predicted octanol–water partition coefficient (Wildman–Crippen LogP) is 5.63. The third-order valence-electron chi connectivity index (χ3n) is 5.51. The van der Waals surface area contributed by atoms with E-state index in [9.17, 15) is 9.18 Å². The maximum atomic E-state index is 13.0. The highest BCUT2D eigenvalue weighted by molar-refractivity contribution is 7.18. The Kier molecular flexibility index (Phi) is 5.42. The Morgan fingerprint density at radius 1 is 1.10 bits per heavy atom. The van der Waals surface area contributed by atoms with Gasteiger partial charge in [-0.25, -0.2) is 9.37 Å². The number of amides is 1. The minimum absolute atomic E-state index is 0.101.